The molecular formula is C10H8INO3. The first-order valence-electron chi connectivity index (χ1n) is 4.31. The first kappa shape index (κ1) is 10.4. The van der Waals surface area contributed by atoms with Gasteiger partial charge in [0.25, 0.3) is 3.90 Å². The van der Waals surface area contributed by atoms with E-state index in [1.165, 1.54) is 7.11 Å². The fraction of sp³-hybridized carbons (Fsp3) is 0.200. The van der Waals surface area contributed by atoms with Gasteiger partial charge in [-0.1, -0.05) is 6.07 Å². The highest BCUT2D eigenvalue weighted by Gasteiger charge is 2.07. The van der Waals surface area contributed by atoms with E-state index in [4.69, 9.17) is 4.42 Å². The second kappa shape index (κ2) is 4.18. The zero-order valence-electron chi connectivity index (χ0n) is 7.99. The maximum Gasteiger partial charge on any atom is 0.309 e. The number of hydrogen-bond donors (Lipinski definition) is 0. The lowest BCUT2D eigenvalue weighted by Gasteiger charge is -1.98. The third-order valence-corrected chi connectivity index (χ3v) is 2.46. The van der Waals surface area contributed by atoms with Gasteiger partial charge in [0.1, 0.15) is 5.52 Å². The second-order valence-electron chi connectivity index (χ2n) is 3.02. The van der Waals surface area contributed by atoms with Crippen LogP contribution in [0.5, 0.6) is 0 Å². The predicted molar refractivity (Wildman–Crippen MR) is 62.4 cm³/mol. The number of halogens is 1. The first-order valence-corrected chi connectivity index (χ1v) is 5.38. The molecule has 0 bridgehead atoms. The molecule has 5 heteroatoms. The Morgan fingerprint density at radius 3 is 3.13 bits per heavy atom. The van der Waals surface area contributed by atoms with Gasteiger partial charge >= 0.3 is 5.97 Å². The third kappa shape index (κ3) is 2.28. The van der Waals surface area contributed by atoms with Crippen molar-refractivity contribution < 1.29 is 13.9 Å². The summed E-state index contributed by atoms with van der Waals surface area (Å²) in [4.78, 5) is 15.2. The minimum absolute atomic E-state index is 0.254. The minimum atomic E-state index is -0.261. The van der Waals surface area contributed by atoms with Crippen LogP contribution in [0.4, 0.5) is 0 Å². The number of carbonyl (C=O) groups excluding carboxylic acids is 1. The van der Waals surface area contributed by atoms with Crippen LogP contribution in [0.3, 0.4) is 0 Å². The van der Waals surface area contributed by atoms with Crippen molar-refractivity contribution in [1.82, 2.24) is 4.98 Å². The fourth-order valence-electron chi connectivity index (χ4n) is 1.29. The summed E-state index contributed by atoms with van der Waals surface area (Å²) >= 11 is 2.01. The molecule has 0 unspecified atom stereocenters. The molecule has 0 radical (unpaired) electrons. The zero-order chi connectivity index (χ0) is 10.8. The Labute approximate surface area is 99.8 Å². The van der Waals surface area contributed by atoms with Crippen LogP contribution < -0.4 is 0 Å². The van der Waals surface area contributed by atoms with Crippen molar-refractivity contribution in [3.05, 3.63) is 27.7 Å². The lowest BCUT2D eigenvalue weighted by atomic mass is 10.1. The molecule has 0 fully saturated rings. The molecule has 0 aliphatic rings. The van der Waals surface area contributed by atoms with Gasteiger partial charge in [-0.3, -0.25) is 4.79 Å². The maximum absolute atomic E-state index is 11.1. The lowest BCUT2D eigenvalue weighted by Crippen LogP contribution is -2.03. The van der Waals surface area contributed by atoms with Crippen molar-refractivity contribution in [2.24, 2.45) is 0 Å². The Bertz CT molecular complexity index is 506. The molecule has 1 heterocycles. The van der Waals surface area contributed by atoms with Crippen molar-refractivity contribution in [3.63, 3.8) is 0 Å². The Balaban J connectivity index is 2.33. The van der Waals surface area contributed by atoms with Crippen LogP contribution in [0.25, 0.3) is 11.1 Å². The van der Waals surface area contributed by atoms with Crippen LogP contribution in [-0.2, 0) is 16.0 Å². The predicted octanol–water partition coefficient (Wildman–Crippen LogP) is 2.15. The molecule has 0 atom stereocenters. The first-order chi connectivity index (χ1) is 7.19. The van der Waals surface area contributed by atoms with E-state index in [1.807, 2.05) is 34.7 Å². The summed E-state index contributed by atoms with van der Waals surface area (Å²) in [5.74, 6) is -0.261. The van der Waals surface area contributed by atoms with Crippen LogP contribution in [0.2, 0.25) is 0 Å². The van der Waals surface area contributed by atoms with Gasteiger partial charge in [0, 0.05) is 22.6 Å². The van der Waals surface area contributed by atoms with Crippen LogP contribution >= 0.6 is 22.6 Å². The number of oxazole rings is 1. The number of rotatable bonds is 2. The number of ether oxygens (including phenoxy) is 1. The number of fused-ring (bicyclic) bond motifs is 1. The van der Waals surface area contributed by atoms with E-state index in [9.17, 15) is 4.79 Å². The molecule has 1 aromatic heterocycles. The largest absolute Gasteiger partial charge is 0.469 e. The molecule has 2 aromatic rings. The van der Waals surface area contributed by atoms with Gasteiger partial charge < -0.3 is 9.15 Å². The van der Waals surface area contributed by atoms with Gasteiger partial charge in [-0.2, -0.15) is 0 Å². The number of nitrogens with zero attached hydrogens (tertiary/aromatic N) is 1. The Morgan fingerprint density at radius 2 is 2.40 bits per heavy atom. The van der Waals surface area contributed by atoms with E-state index in [-0.39, 0.29) is 12.4 Å². The highest BCUT2D eigenvalue weighted by Crippen LogP contribution is 2.18. The molecule has 0 spiro atoms. The fourth-order valence-corrected chi connectivity index (χ4v) is 1.79. The van der Waals surface area contributed by atoms with Crippen LogP contribution in [0.1, 0.15) is 5.56 Å². The lowest BCUT2D eigenvalue weighted by molar-refractivity contribution is -0.139. The van der Waals surface area contributed by atoms with E-state index in [0.29, 0.717) is 9.48 Å². The number of aromatic nitrogens is 1. The number of esters is 1. The molecule has 0 aliphatic carbocycles. The minimum Gasteiger partial charge on any atom is -0.469 e. The molecule has 15 heavy (non-hydrogen) atoms. The summed E-state index contributed by atoms with van der Waals surface area (Å²) in [5.41, 5.74) is 2.36. The van der Waals surface area contributed by atoms with Gasteiger partial charge in [0.2, 0.25) is 0 Å². The Morgan fingerprint density at radius 1 is 1.60 bits per heavy atom. The van der Waals surface area contributed by atoms with E-state index in [1.54, 1.807) is 6.07 Å². The topological polar surface area (TPSA) is 52.3 Å². The smallest absolute Gasteiger partial charge is 0.309 e. The van der Waals surface area contributed by atoms with E-state index >= 15 is 0 Å². The van der Waals surface area contributed by atoms with Crippen LogP contribution in [0, 0.1) is 3.90 Å². The van der Waals surface area contributed by atoms with Gasteiger partial charge in [-0.05, 0) is 17.7 Å². The van der Waals surface area contributed by atoms with Crippen LogP contribution in [-0.4, -0.2) is 18.1 Å². The molecule has 0 aliphatic heterocycles. The summed E-state index contributed by atoms with van der Waals surface area (Å²) in [7, 11) is 1.37. The normalized spacial score (nSPS) is 10.5. The molecule has 2 rings (SSSR count). The SMILES string of the molecule is COC(=O)Cc1ccc2nc(I)oc2c1. The monoisotopic (exact) mass is 317 g/mol. The highest BCUT2D eigenvalue weighted by atomic mass is 127. The Hall–Kier alpha value is -1.11. The molecule has 0 saturated carbocycles. The average molecular weight is 317 g/mol. The van der Waals surface area contributed by atoms with Gasteiger partial charge in [0.15, 0.2) is 5.58 Å². The van der Waals surface area contributed by atoms with Crippen molar-refractivity contribution in [3.8, 4) is 0 Å². The average Bonchev–Trinajstić information content (AvgIpc) is 2.57. The van der Waals surface area contributed by atoms with E-state index < -0.39 is 0 Å². The summed E-state index contributed by atoms with van der Waals surface area (Å²) in [6.45, 7) is 0. The number of benzene rings is 1. The maximum atomic E-state index is 11.1. The van der Waals surface area contributed by atoms with Gasteiger partial charge in [-0.15, -0.1) is 0 Å². The number of hydrogen-bond acceptors (Lipinski definition) is 4. The summed E-state index contributed by atoms with van der Waals surface area (Å²) < 4.78 is 10.5. The van der Waals surface area contributed by atoms with Crippen molar-refractivity contribution in [1.29, 1.82) is 0 Å². The van der Waals surface area contributed by atoms with E-state index in [2.05, 4.69) is 9.72 Å². The molecule has 4 nitrogen and oxygen atoms in total. The molecule has 1 aromatic carbocycles. The van der Waals surface area contributed by atoms with Crippen molar-refractivity contribution >= 4 is 39.7 Å². The van der Waals surface area contributed by atoms with Crippen molar-refractivity contribution in [2.45, 2.75) is 6.42 Å². The second-order valence-corrected chi connectivity index (χ2v) is 3.94. The molecular weight excluding hydrogens is 309 g/mol. The summed E-state index contributed by atoms with van der Waals surface area (Å²) in [6.07, 6.45) is 0.254. The summed E-state index contributed by atoms with van der Waals surface area (Å²) in [5, 5.41) is 0. The van der Waals surface area contributed by atoms with Gasteiger partial charge in [-0.25, -0.2) is 4.98 Å². The van der Waals surface area contributed by atoms with Crippen LogP contribution in [0.15, 0.2) is 22.6 Å². The molecule has 78 valence electrons. The standard InChI is InChI=1S/C10H8INO3/c1-14-9(13)5-6-2-3-7-8(4-6)15-10(11)12-7/h2-4H,5H2,1H3. The quantitative estimate of drug-likeness (QED) is 0.629. The van der Waals surface area contributed by atoms with E-state index in [0.717, 1.165) is 11.1 Å². The molecule has 0 N–H and O–H groups in total. The number of carbonyl (C=O) groups is 1. The van der Waals surface area contributed by atoms with Gasteiger partial charge in [0.05, 0.1) is 13.5 Å². The van der Waals surface area contributed by atoms with Crippen molar-refractivity contribution in [2.75, 3.05) is 7.11 Å². The molecule has 0 saturated heterocycles. The summed E-state index contributed by atoms with van der Waals surface area (Å²) in [6, 6.07) is 5.48. The third-order valence-electron chi connectivity index (χ3n) is 2.00. The zero-order valence-corrected chi connectivity index (χ0v) is 10.1. The molecule has 0 amide bonds. The number of methoxy groups -OCH3 is 1. The highest BCUT2D eigenvalue weighted by molar-refractivity contribution is 14.1. The Kier molecular flexibility index (Phi) is 2.90.